The van der Waals surface area contributed by atoms with E-state index in [2.05, 4.69) is 45.2 Å². The van der Waals surface area contributed by atoms with E-state index in [1.807, 2.05) is 30.3 Å². The molecular formula is C26H23BrN2O5. The first-order chi connectivity index (χ1) is 16.5. The van der Waals surface area contributed by atoms with Crippen LogP contribution in [0, 0.1) is 0 Å². The van der Waals surface area contributed by atoms with Crippen molar-refractivity contribution in [1.29, 1.82) is 0 Å². The number of aromatic nitrogens is 1. The predicted octanol–water partition coefficient (Wildman–Crippen LogP) is 4.80. The quantitative estimate of drug-likeness (QED) is 0.468. The monoisotopic (exact) mass is 522 g/mol. The fourth-order valence-electron chi connectivity index (χ4n) is 4.91. The molecule has 2 aromatic carbocycles. The minimum atomic E-state index is -1.07. The van der Waals surface area contributed by atoms with Gasteiger partial charge in [0.05, 0.1) is 6.54 Å². The highest BCUT2D eigenvalue weighted by Crippen LogP contribution is 2.44. The summed E-state index contributed by atoms with van der Waals surface area (Å²) in [4.78, 5) is 30.1. The van der Waals surface area contributed by atoms with Gasteiger partial charge >= 0.3 is 12.1 Å². The Labute approximate surface area is 205 Å². The highest BCUT2D eigenvalue weighted by Gasteiger charge is 2.44. The second-order valence-electron chi connectivity index (χ2n) is 8.52. The Morgan fingerprint density at radius 1 is 1.06 bits per heavy atom. The van der Waals surface area contributed by atoms with Crippen molar-refractivity contribution >= 4 is 28.0 Å². The molecule has 7 nitrogen and oxygen atoms in total. The van der Waals surface area contributed by atoms with Gasteiger partial charge in [0.15, 0.2) is 0 Å². The lowest BCUT2D eigenvalue weighted by Gasteiger charge is -2.29. The van der Waals surface area contributed by atoms with Gasteiger partial charge in [-0.3, -0.25) is 0 Å². The van der Waals surface area contributed by atoms with E-state index in [1.54, 1.807) is 17.2 Å². The Hall–Kier alpha value is -3.23. The number of carbonyl (C=O) groups excluding carboxylic acids is 1. The van der Waals surface area contributed by atoms with Crippen molar-refractivity contribution in [3.8, 4) is 11.1 Å². The molecule has 1 saturated heterocycles. The normalized spacial score (nSPS) is 19.0. The van der Waals surface area contributed by atoms with Crippen molar-refractivity contribution in [3.05, 3.63) is 88.2 Å². The third-order valence-corrected chi connectivity index (χ3v) is 7.02. The second kappa shape index (κ2) is 9.19. The summed E-state index contributed by atoms with van der Waals surface area (Å²) in [6.07, 6.45) is 1.66. The number of ether oxygens (including phenoxy) is 2. The van der Waals surface area contributed by atoms with E-state index >= 15 is 0 Å². The maximum Gasteiger partial charge on any atom is 0.409 e. The molecule has 0 saturated carbocycles. The van der Waals surface area contributed by atoms with Gasteiger partial charge in [-0.15, -0.1) is 0 Å². The lowest BCUT2D eigenvalue weighted by atomic mass is 9.94. The van der Waals surface area contributed by atoms with Crippen LogP contribution >= 0.6 is 15.9 Å². The topological polar surface area (TPSA) is 89.0 Å². The van der Waals surface area contributed by atoms with E-state index < -0.39 is 24.3 Å². The number of hydrogen-bond acceptors (Lipinski definition) is 5. The van der Waals surface area contributed by atoms with E-state index in [0.29, 0.717) is 17.6 Å². The molecule has 5 rings (SSSR count). The van der Waals surface area contributed by atoms with Crippen molar-refractivity contribution in [2.75, 3.05) is 26.3 Å². The summed E-state index contributed by atoms with van der Waals surface area (Å²) in [5.74, 6) is -1.09. The van der Waals surface area contributed by atoms with Crippen LogP contribution in [0.25, 0.3) is 11.1 Å². The zero-order valence-electron chi connectivity index (χ0n) is 18.3. The first-order valence-electron chi connectivity index (χ1n) is 11.0. The molecule has 0 spiro atoms. The van der Waals surface area contributed by atoms with E-state index in [-0.39, 0.29) is 19.1 Å². The van der Waals surface area contributed by atoms with Crippen LogP contribution in [-0.4, -0.2) is 53.4 Å². The molecule has 0 bridgehead atoms. The van der Waals surface area contributed by atoms with Crippen LogP contribution in [0.3, 0.4) is 0 Å². The molecule has 1 aliphatic carbocycles. The summed E-state index contributed by atoms with van der Waals surface area (Å²) in [7, 11) is 0. The Bertz CT molecular complexity index is 1190. The number of nitrogens with zero attached hydrogens (tertiary/aromatic N) is 2. The molecule has 34 heavy (non-hydrogen) atoms. The summed E-state index contributed by atoms with van der Waals surface area (Å²) < 4.78 is 12.3. The number of rotatable bonds is 6. The van der Waals surface area contributed by atoms with Gasteiger partial charge in [0.25, 0.3) is 0 Å². The first-order valence-corrected chi connectivity index (χ1v) is 11.8. The Kier molecular flexibility index (Phi) is 6.10. The van der Waals surface area contributed by atoms with E-state index in [9.17, 15) is 9.59 Å². The molecule has 1 amide bonds. The molecule has 1 aromatic heterocycles. The fourth-order valence-corrected chi connectivity index (χ4v) is 5.14. The highest BCUT2D eigenvalue weighted by atomic mass is 79.9. The summed E-state index contributed by atoms with van der Waals surface area (Å²) in [6.45, 7) is 0.355. The molecule has 1 atom stereocenters. The average Bonchev–Trinajstić information content (AvgIpc) is 3.43. The minimum absolute atomic E-state index is 0.0253. The van der Waals surface area contributed by atoms with Gasteiger partial charge in [-0.25, -0.2) is 14.6 Å². The summed E-state index contributed by atoms with van der Waals surface area (Å²) in [5.41, 5.74) is 4.42. The molecule has 1 aliphatic heterocycles. The number of benzene rings is 2. The van der Waals surface area contributed by atoms with E-state index in [4.69, 9.17) is 14.6 Å². The maximum atomic E-state index is 13.0. The van der Waals surface area contributed by atoms with Crippen molar-refractivity contribution in [3.63, 3.8) is 0 Å². The number of likely N-dealkylation sites (tertiary alicyclic amines) is 1. The number of halogens is 1. The zero-order valence-corrected chi connectivity index (χ0v) is 19.9. The molecule has 2 heterocycles. The van der Waals surface area contributed by atoms with Gasteiger partial charge in [-0.1, -0.05) is 54.6 Å². The van der Waals surface area contributed by atoms with E-state index in [1.165, 1.54) is 11.1 Å². The lowest BCUT2D eigenvalue weighted by molar-refractivity contribution is -0.149. The molecule has 2 aliphatic rings. The van der Waals surface area contributed by atoms with Crippen LogP contribution in [0.5, 0.6) is 0 Å². The molecule has 174 valence electrons. The van der Waals surface area contributed by atoms with Gasteiger partial charge in [-0.2, -0.15) is 0 Å². The number of aliphatic carboxylic acids is 1. The molecule has 1 unspecified atom stereocenters. The third kappa shape index (κ3) is 4.19. The number of pyridine rings is 1. The number of hydrogen-bond donors (Lipinski definition) is 1. The van der Waals surface area contributed by atoms with Gasteiger partial charge < -0.3 is 19.5 Å². The molecule has 0 radical (unpaired) electrons. The lowest BCUT2D eigenvalue weighted by Crippen LogP contribution is -2.38. The largest absolute Gasteiger partial charge is 0.480 e. The van der Waals surface area contributed by atoms with Crippen LogP contribution in [0.15, 0.2) is 71.5 Å². The minimum Gasteiger partial charge on any atom is -0.480 e. The molecule has 1 N–H and O–H groups in total. The maximum absolute atomic E-state index is 13.0. The first kappa shape index (κ1) is 22.6. The number of carbonyl (C=O) groups is 2. The molecular weight excluding hydrogens is 500 g/mol. The van der Waals surface area contributed by atoms with Gasteiger partial charge in [0.1, 0.15) is 23.4 Å². The Balaban J connectivity index is 1.31. The number of amides is 1. The number of fused-ring (bicyclic) bond motifs is 3. The average molecular weight is 523 g/mol. The van der Waals surface area contributed by atoms with Gasteiger partial charge in [0, 0.05) is 30.6 Å². The summed E-state index contributed by atoms with van der Waals surface area (Å²) in [5, 5.41) is 9.17. The van der Waals surface area contributed by atoms with E-state index in [0.717, 1.165) is 16.7 Å². The summed E-state index contributed by atoms with van der Waals surface area (Å²) in [6, 6.07) is 20.0. The fraction of sp³-hybridized carbons (Fsp3) is 0.269. The summed E-state index contributed by atoms with van der Waals surface area (Å²) >= 11 is 3.31. The van der Waals surface area contributed by atoms with Gasteiger partial charge in [-0.05, 0) is 44.3 Å². The molecule has 1 fully saturated rings. The SMILES string of the molecule is O=C(O)COC1(c2ccc(Br)nc2)CCN(C(=O)OCC2c3ccccc3-c3ccccc32)C1. The van der Waals surface area contributed by atoms with Crippen molar-refractivity contribution in [1.82, 2.24) is 9.88 Å². The third-order valence-electron chi connectivity index (χ3n) is 6.55. The van der Waals surface area contributed by atoms with Crippen LogP contribution in [-0.2, 0) is 19.9 Å². The second-order valence-corrected chi connectivity index (χ2v) is 9.33. The number of carboxylic acids is 1. The standard InChI is InChI=1S/C26H23BrN2O5/c27-23-10-9-17(13-28-23)26(34-15-24(30)31)11-12-29(16-26)25(32)33-14-22-20-7-3-1-5-18(20)19-6-2-4-8-21(19)22/h1-10,13,22H,11-12,14-16H2,(H,30,31). The van der Waals surface area contributed by atoms with Crippen LogP contribution in [0.2, 0.25) is 0 Å². The van der Waals surface area contributed by atoms with Crippen LogP contribution in [0.4, 0.5) is 4.79 Å². The zero-order chi connectivity index (χ0) is 23.7. The van der Waals surface area contributed by atoms with Crippen molar-refractivity contribution in [2.45, 2.75) is 17.9 Å². The van der Waals surface area contributed by atoms with Crippen molar-refractivity contribution in [2.24, 2.45) is 0 Å². The Morgan fingerprint density at radius 2 is 1.74 bits per heavy atom. The molecule has 3 aromatic rings. The van der Waals surface area contributed by atoms with Gasteiger partial charge in [0.2, 0.25) is 0 Å². The number of carboxylic acid groups (broad SMARTS) is 1. The highest BCUT2D eigenvalue weighted by molar-refractivity contribution is 9.10. The van der Waals surface area contributed by atoms with Crippen molar-refractivity contribution < 1.29 is 24.2 Å². The van der Waals surface area contributed by atoms with Crippen LogP contribution in [0.1, 0.15) is 29.0 Å². The molecule has 8 heteroatoms. The predicted molar refractivity (Wildman–Crippen MR) is 128 cm³/mol. The smallest absolute Gasteiger partial charge is 0.409 e. The Morgan fingerprint density at radius 3 is 2.35 bits per heavy atom. The van der Waals surface area contributed by atoms with Crippen LogP contribution < -0.4 is 0 Å².